The van der Waals surface area contributed by atoms with Gasteiger partial charge in [0.05, 0.1) is 11.5 Å². The quantitative estimate of drug-likeness (QED) is 0.817. The molecule has 4 bridgehead atoms. The molecule has 3 heteroatoms. The van der Waals surface area contributed by atoms with Crippen molar-refractivity contribution in [2.24, 2.45) is 22.2 Å². The van der Waals surface area contributed by atoms with Crippen LogP contribution in [0.1, 0.15) is 72.1 Å². The molecule has 3 nitrogen and oxygen atoms in total. The minimum atomic E-state index is -0.281. The summed E-state index contributed by atoms with van der Waals surface area (Å²) in [5.74, 6) is 1.02. The van der Waals surface area contributed by atoms with E-state index in [2.05, 4.69) is 19.2 Å². The summed E-state index contributed by atoms with van der Waals surface area (Å²) in [5.41, 5.74) is 0.656. The Morgan fingerprint density at radius 1 is 1.19 bits per heavy atom. The summed E-state index contributed by atoms with van der Waals surface area (Å²) in [6.45, 7) is 7.40. The number of amides is 1. The highest BCUT2D eigenvalue weighted by Crippen LogP contribution is 2.69. The first-order chi connectivity index (χ1) is 9.78. The standard InChI is InChI=1S/C18H31NO2/c1-4-14(20)5-6-19-15(21)18-9-13-7-16(2,11-18)10-17(3,8-13)12-18/h13-14,20H,4-12H2,1-3H3,(H,19,21). The van der Waals surface area contributed by atoms with Crippen molar-refractivity contribution in [1.82, 2.24) is 5.32 Å². The van der Waals surface area contributed by atoms with Crippen molar-refractivity contribution >= 4 is 5.91 Å². The van der Waals surface area contributed by atoms with Crippen LogP contribution in [0, 0.1) is 22.2 Å². The number of carbonyl (C=O) groups is 1. The lowest BCUT2D eigenvalue weighted by Gasteiger charge is -2.64. The van der Waals surface area contributed by atoms with E-state index in [1.165, 1.54) is 19.3 Å². The average Bonchev–Trinajstić information content (AvgIpc) is 2.33. The molecule has 4 rings (SSSR count). The second-order valence-electron chi connectivity index (χ2n) is 9.02. The lowest BCUT2D eigenvalue weighted by atomic mass is 9.40. The number of hydrogen-bond acceptors (Lipinski definition) is 2. The smallest absolute Gasteiger partial charge is 0.226 e. The Morgan fingerprint density at radius 3 is 2.33 bits per heavy atom. The number of rotatable bonds is 5. The highest BCUT2D eigenvalue weighted by molar-refractivity contribution is 5.83. The molecule has 21 heavy (non-hydrogen) atoms. The van der Waals surface area contributed by atoms with Crippen LogP contribution in [0.3, 0.4) is 0 Å². The van der Waals surface area contributed by atoms with E-state index in [9.17, 15) is 9.90 Å². The molecule has 4 saturated carbocycles. The Bertz CT molecular complexity index is 415. The maximum absolute atomic E-state index is 12.9. The number of nitrogens with one attached hydrogen (secondary N) is 1. The van der Waals surface area contributed by atoms with Crippen molar-refractivity contribution in [2.45, 2.75) is 78.2 Å². The van der Waals surface area contributed by atoms with Gasteiger partial charge in [0.2, 0.25) is 5.91 Å². The second kappa shape index (κ2) is 4.97. The summed E-state index contributed by atoms with van der Waals surface area (Å²) < 4.78 is 0. The van der Waals surface area contributed by atoms with Crippen molar-refractivity contribution in [3.63, 3.8) is 0 Å². The topological polar surface area (TPSA) is 49.3 Å². The van der Waals surface area contributed by atoms with Gasteiger partial charge in [-0.2, -0.15) is 0 Å². The van der Waals surface area contributed by atoms with E-state index in [0.29, 0.717) is 23.8 Å². The molecule has 1 amide bonds. The summed E-state index contributed by atoms with van der Waals surface area (Å²) in [4.78, 5) is 12.9. The first-order valence-electron chi connectivity index (χ1n) is 8.75. The van der Waals surface area contributed by atoms with Gasteiger partial charge in [-0.25, -0.2) is 0 Å². The van der Waals surface area contributed by atoms with Crippen LogP contribution in [0.5, 0.6) is 0 Å². The molecule has 120 valence electrons. The van der Waals surface area contributed by atoms with Gasteiger partial charge in [0.15, 0.2) is 0 Å². The molecule has 4 fully saturated rings. The second-order valence-corrected chi connectivity index (χ2v) is 9.02. The third-order valence-electron chi connectivity index (χ3n) is 6.34. The van der Waals surface area contributed by atoms with Gasteiger partial charge < -0.3 is 10.4 Å². The van der Waals surface area contributed by atoms with Crippen LogP contribution < -0.4 is 5.32 Å². The maximum Gasteiger partial charge on any atom is 0.226 e. The monoisotopic (exact) mass is 293 g/mol. The molecule has 0 heterocycles. The molecule has 0 aromatic heterocycles. The first kappa shape index (κ1) is 15.3. The number of carbonyl (C=O) groups excluding carboxylic acids is 1. The Hall–Kier alpha value is -0.570. The number of aliphatic hydroxyl groups excluding tert-OH is 1. The van der Waals surface area contributed by atoms with E-state index in [1.807, 2.05) is 6.92 Å². The molecule has 0 saturated heterocycles. The fourth-order valence-electron chi connectivity index (χ4n) is 6.44. The zero-order valence-electron chi connectivity index (χ0n) is 13.9. The predicted octanol–water partition coefficient (Wildman–Crippen LogP) is 3.26. The Labute approximate surface area is 128 Å². The number of hydrogen-bond donors (Lipinski definition) is 2. The zero-order chi connectivity index (χ0) is 15.3. The normalized spacial score (nSPS) is 45.6. The van der Waals surface area contributed by atoms with Crippen molar-refractivity contribution in [2.75, 3.05) is 6.54 Å². The molecule has 3 atom stereocenters. The minimum Gasteiger partial charge on any atom is -0.393 e. The van der Waals surface area contributed by atoms with E-state index in [-0.39, 0.29) is 17.4 Å². The van der Waals surface area contributed by atoms with E-state index >= 15 is 0 Å². The fourth-order valence-corrected chi connectivity index (χ4v) is 6.44. The highest BCUT2D eigenvalue weighted by Gasteiger charge is 2.62. The van der Waals surface area contributed by atoms with Gasteiger partial charge in [-0.3, -0.25) is 4.79 Å². The highest BCUT2D eigenvalue weighted by atomic mass is 16.3. The van der Waals surface area contributed by atoms with Gasteiger partial charge >= 0.3 is 0 Å². The summed E-state index contributed by atoms with van der Waals surface area (Å²) in [6.07, 6.45) is 8.37. The summed E-state index contributed by atoms with van der Waals surface area (Å²) in [6, 6.07) is 0. The molecule has 2 N–H and O–H groups in total. The van der Waals surface area contributed by atoms with Crippen LogP contribution in [0.2, 0.25) is 0 Å². The van der Waals surface area contributed by atoms with E-state index in [0.717, 1.165) is 31.6 Å². The molecule has 0 spiro atoms. The van der Waals surface area contributed by atoms with Crippen LogP contribution >= 0.6 is 0 Å². The molecule has 0 aromatic rings. The Morgan fingerprint density at radius 2 is 1.81 bits per heavy atom. The lowest BCUT2D eigenvalue weighted by Crippen LogP contribution is -2.60. The SMILES string of the molecule is CCC(O)CCNC(=O)C12CC3CC(C)(CC(C)(C3)C1)C2. The first-order valence-corrected chi connectivity index (χ1v) is 8.75. The molecule has 4 aliphatic carbocycles. The zero-order valence-corrected chi connectivity index (χ0v) is 13.9. The van der Waals surface area contributed by atoms with Gasteiger partial charge in [-0.15, -0.1) is 0 Å². The third-order valence-corrected chi connectivity index (χ3v) is 6.34. The Balaban J connectivity index is 1.68. The minimum absolute atomic E-state index is 0.111. The summed E-state index contributed by atoms with van der Waals surface area (Å²) in [7, 11) is 0. The van der Waals surface area contributed by atoms with Crippen LogP contribution in [0.25, 0.3) is 0 Å². The maximum atomic E-state index is 12.9. The van der Waals surface area contributed by atoms with Gasteiger partial charge in [-0.1, -0.05) is 20.8 Å². The molecule has 0 radical (unpaired) electrons. The van der Waals surface area contributed by atoms with Crippen LogP contribution in [0.15, 0.2) is 0 Å². The Kier molecular flexibility index (Phi) is 3.63. The third kappa shape index (κ3) is 2.74. The fraction of sp³-hybridized carbons (Fsp3) is 0.944. The summed E-state index contributed by atoms with van der Waals surface area (Å²) >= 11 is 0. The van der Waals surface area contributed by atoms with Crippen LogP contribution in [-0.4, -0.2) is 23.7 Å². The van der Waals surface area contributed by atoms with Crippen LogP contribution in [-0.2, 0) is 4.79 Å². The van der Waals surface area contributed by atoms with Gasteiger partial charge in [0, 0.05) is 6.54 Å². The van der Waals surface area contributed by atoms with E-state index in [1.54, 1.807) is 0 Å². The largest absolute Gasteiger partial charge is 0.393 e. The van der Waals surface area contributed by atoms with E-state index < -0.39 is 0 Å². The average molecular weight is 293 g/mol. The molecule has 0 aliphatic heterocycles. The molecular weight excluding hydrogens is 262 g/mol. The predicted molar refractivity (Wildman–Crippen MR) is 83.8 cm³/mol. The van der Waals surface area contributed by atoms with E-state index in [4.69, 9.17) is 0 Å². The molecule has 0 aromatic carbocycles. The van der Waals surface area contributed by atoms with Crippen LogP contribution in [0.4, 0.5) is 0 Å². The van der Waals surface area contributed by atoms with Gasteiger partial charge in [0.1, 0.15) is 0 Å². The van der Waals surface area contributed by atoms with Crippen molar-refractivity contribution in [3.05, 3.63) is 0 Å². The molecule has 4 aliphatic rings. The number of aliphatic hydroxyl groups is 1. The molecule has 3 unspecified atom stereocenters. The van der Waals surface area contributed by atoms with Gasteiger partial charge in [0.25, 0.3) is 0 Å². The van der Waals surface area contributed by atoms with Crippen molar-refractivity contribution in [1.29, 1.82) is 0 Å². The lowest BCUT2D eigenvalue weighted by molar-refractivity contribution is -0.170. The summed E-state index contributed by atoms with van der Waals surface area (Å²) in [5, 5.41) is 12.8. The van der Waals surface area contributed by atoms with Crippen molar-refractivity contribution in [3.8, 4) is 0 Å². The van der Waals surface area contributed by atoms with Gasteiger partial charge in [-0.05, 0) is 68.1 Å². The molecular formula is C18H31NO2. The van der Waals surface area contributed by atoms with Crippen molar-refractivity contribution < 1.29 is 9.90 Å².